The molecular weight excluding hydrogens is 192 g/mol. The van der Waals surface area contributed by atoms with E-state index in [0.717, 1.165) is 5.69 Å². The molecule has 1 aromatic heterocycles. The average Bonchev–Trinajstić information content (AvgIpc) is 2.75. The summed E-state index contributed by atoms with van der Waals surface area (Å²) in [7, 11) is 1.88. The lowest BCUT2D eigenvalue weighted by Crippen LogP contribution is -2.30. The first-order chi connectivity index (χ1) is 7.09. The molecule has 0 aromatic carbocycles. The molecule has 0 bridgehead atoms. The Balaban J connectivity index is 2.18. The quantitative estimate of drug-likeness (QED) is 0.732. The Labute approximate surface area is 89.1 Å². The molecule has 82 valence electrons. The smallest absolute Gasteiger partial charge is 0.270 e. The first-order valence-corrected chi connectivity index (χ1v) is 5.19. The van der Waals surface area contributed by atoms with Crippen LogP contribution in [0.25, 0.3) is 0 Å². The molecule has 0 spiro atoms. The van der Waals surface area contributed by atoms with E-state index in [0.29, 0.717) is 25.2 Å². The SMILES string of the molecule is Cc1ccc(C(=O)N2CC[C@H](O)C2)n1C. The molecule has 2 heterocycles. The van der Waals surface area contributed by atoms with Gasteiger partial charge in [-0.1, -0.05) is 0 Å². The molecule has 2 rings (SSSR count). The molecule has 1 aromatic rings. The number of hydrogen-bond donors (Lipinski definition) is 1. The second-order valence-electron chi connectivity index (χ2n) is 4.11. The van der Waals surface area contributed by atoms with Crippen molar-refractivity contribution in [2.24, 2.45) is 7.05 Å². The minimum atomic E-state index is -0.352. The van der Waals surface area contributed by atoms with Gasteiger partial charge in [0.2, 0.25) is 0 Å². The minimum Gasteiger partial charge on any atom is -0.391 e. The second-order valence-corrected chi connectivity index (χ2v) is 4.11. The van der Waals surface area contributed by atoms with Crippen molar-refractivity contribution in [1.82, 2.24) is 9.47 Å². The second kappa shape index (κ2) is 3.70. The van der Waals surface area contributed by atoms with Crippen molar-refractivity contribution in [2.45, 2.75) is 19.4 Å². The highest BCUT2D eigenvalue weighted by Crippen LogP contribution is 2.14. The summed E-state index contributed by atoms with van der Waals surface area (Å²) in [5, 5.41) is 9.37. The van der Waals surface area contributed by atoms with E-state index in [1.807, 2.05) is 30.7 Å². The number of hydrogen-bond acceptors (Lipinski definition) is 2. The van der Waals surface area contributed by atoms with E-state index in [9.17, 15) is 9.90 Å². The van der Waals surface area contributed by atoms with Crippen LogP contribution < -0.4 is 0 Å². The van der Waals surface area contributed by atoms with Crippen molar-refractivity contribution in [3.8, 4) is 0 Å². The molecular formula is C11H16N2O2. The number of likely N-dealkylation sites (tertiary alicyclic amines) is 1. The first kappa shape index (κ1) is 10.2. The van der Waals surface area contributed by atoms with Gasteiger partial charge in [-0.15, -0.1) is 0 Å². The lowest BCUT2D eigenvalue weighted by Gasteiger charge is -2.16. The molecule has 1 N–H and O–H groups in total. The van der Waals surface area contributed by atoms with Gasteiger partial charge in [0.1, 0.15) is 5.69 Å². The zero-order chi connectivity index (χ0) is 11.0. The third-order valence-corrected chi connectivity index (χ3v) is 3.04. The fraction of sp³-hybridized carbons (Fsp3) is 0.545. The standard InChI is InChI=1S/C11H16N2O2/c1-8-3-4-10(12(8)2)11(15)13-6-5-9(14)7-13/h3-4,9,14H,5-7H2,1-2H3/t9-/m0/s1. The number of carbonyl (C=O) groups is 1. The highest BCUT2D eigenvalue weighted by Gasteiger charge is 2.26. The number of β-amino-alcohol motifs (C(OH)–C–C–N with tert-alkyl or cyclic N) is 1. The number of aromatic nitrogens is 1. The van der Waals surface area contributed by atoms with Gasteiger partial charge in [-0.3, -0.25) is 4.79 Å². The van der Waals surface area contributed by atoms with Crippen LogP contribution in [0.1, 0.15) is 22.6 Å². The third kappa shape index (κ3) is 1.77. The van der Waals surface area contributed by atoms with Crippen LogP contribution in [0, 0.1) is 6.92 Å². The van der Waals surface area contributed by atoms with Gasteiger partial charge in [-0.25, -0.2) is 0 Å². The topological polar surface area (TPSA) is 45.5 Å². The van der Waals surface area contributed by atoms with Gasteiger partial charge in [0.25, 0.3) is 5.91 Å². The Bertz CT molecular complexity index is 384. The van der Waals surface area contributed by atoms with Crippen LogP contribution in [-0.4, -0.2) is 39.7 Å². The number of nitrogens with zero attached hydrogens (tertiary/aromatic N) is 2. The maximum atomic E-state index is 12.0. The molecule has 0 radical (unpaired) electrons. The highest BCUT2D eigenvalue weighted by atomic mass is 16.3. The van der Waals surface area contributed by atoms with E-state index in [1.165, 1.54) is 0 Å². The molecule has 4 heteroatoms. The number of aliphatic hydroxyl groups is 1. The van der Waals surface area contributed by atoms with Crippen molar-refractivity contribution >= 4 is 5.91 Å². The molecule has 1 fully saturated rings. The van der Waals surface area contributed by atoms with Gasteiger partial charge in [0, 0.05) is 25.8 Å². The predicted octanol–water partition coefficient (Wildman–Crippen LogP) is 0.540. The molecule has 4 nitrogen and oxygen atoms in total. The van der Waals surface area contributed by atoms with Gasteiger partial charge in [0.05, 0.1) is 6.10 Å². The summed E-state index contributed by atoms with van der Waals surface area (Å²) in [6.07, 6.45) is 0.338. The van der Waals surface area contributed by atoms with E-state index in [2.05, 4.69) is 0 Å². The van der Waals surface area contributed by atoms with E-state index < -0.39 is 0 Å². The predicted molar refractivity (Wildman–Crippen MR) is 56.7 cm³/mol. The Kier molecular flexibility index (Phi) is 2.52. The number of rotatable bonds is 1. The van der Waals surface area contributed by atoms with Gasteiger partial charge in [-0.05, 0) is 25.5 Å². The first-order valence-electron chi connectivity index (χ1n) is 5.19. The van der Waals surface area contributed by atoms with Crippen LogP contribution in [0.2, 0.25) is 0 Å². The Morgan fingerprint density at radius 2 is 2.27 bits per heavy atom. The largest absolute Gasteiger partial charge is 0.391 e. The number of carbonyl (C=O) groups excluding carboxylic acids is 1. The molecule has 0 unspecified atom stereocenters. The number of aryl methyl sites for hydroxylation is 1. The monoisotopic (exact) mass is 208 g/mol. The molecule has 1 aliphatic heterocycles. The van der Waals surface area contributed by atoms with Crippen LogP contribution in [-0.2, 0) is 7.05 Å². The minimum absolute atomic E-state index is 0.0159. The summed E-state index contributed by atoms with van der Waals surface area (Å²) in [5.41, 5.74) is 1.76. The molecule has 1 atom stereocenters. The summed E-state index contributed by atoms with van der Waals surface area (Å²) >= 11 is 0. The van der Waals surface area contributed by atoms with Gasteiger partial charge >= 0.3 is 0 Å². The normalized spacial score (nSPS) is 21.0. The van der Waals surface area contributed by atoms with Crippen LogP contribution in [0.15, 0.2) is 12.1 Å². The zero-order valence-electron chi connectivity index (χ0n) is 9.10. The average molecular weight is 208 g/mol. The van der Waals surface area contributed by atoms with Gasteiger partial charge in [0.15, 0.2) is 0 Å². The fourth-order valence-corrected chi connectivity index (χ4v) is 1.92. The van der Waals surface area contributed by atoms with E-state index in [4.69, 9.17) is 0 Å². The summed E-state index contributed by atoms with van der Waals surface area (Å²) in [5.74, 6) is 0.0159. The lowest BCUT2D eigenvalue weighted by molar-refractivity contribution is 0.0755. The Morgan fingerprint density at radius 1 is 1.53 bits per heavy atom. The van der Waals surface area contributed by atoms with Crippen LogP contribution in [0.3, 0.4) is 0 Å². The fourth-order valence-electron chi connectivity index (χ4n) is 1.92. The maximum Gasteiger partial charge on any atom is 0.270 e. The Hall–Kier alpha value is -1.29. The molecule has 15 heavy (non-hydrogen) atoms. The molecule has 1 aliphatic rings. The van der Waals surface area contributed by atoms with Crippen molar-refractivity contribution < 1.29 is 9.90 Å². The summed E-state index contributed by atoms with van der Waals surface area (Å²) in [6, 6.07) is 3.77. The van der Waals surface area contributed by atoms with Crippen molar-refractivity contribution in [2.75, 3.05) is 13.1 Å². The summed E-state index contributed by atoms with van der Waals surface area (Å²) in [4.78, 5) is 13.7. The summed E-state index contributed by atoms with van der Waals surface area (Å²) in [6.45, 7) is 3.09. The lowest BCUT2D eigenvalue weighted by atomic mass is 10.3. The summed E-state index contributed by atoms with van der Waals surface area (Å²) < 4.78 is 1.88. The molecule has 0 saturated carbocycles. The molecule has 1 amide bonds. The van der Waals surface area contributed by atoms with Gasteiger partial charge < -0.3 is 14.6 Å². The van der Waals surface area contributed by atoms with Crippen molar-refractivity contribution in [1.29, 1.82) is 0 Å². The Morgan fingerprint density at radius 3 is 2.73 bits per heavy atom. The van der Waals surface area contributed by atoms with Crippen LogP contribution >= 0.6 is 0 Å². The van der Waals surface area contributed by atoms with E-state index >= 15 is 0 Å². The molecule has 0 aliphatic carbocycles. The maximum absolute atomic E-state index is 12.0. The van der Waals surface area contributed by atoms with Crippen LogP contribution in [0.4, 0.5) is 0 Å². The number of aliphatic hydroxyl groups excluding tert-OH is 1. The number of amides is 1. The van der Waals surface area contributed by atoms with Crippen molar-refractivity contribution in [3.05, 3.63) is 23.5 Å². The van der Waals surface area contributed by atoms with E-state index in [-0.39, 0.29) is 12.0 Å². The zero-order valence-corrected chi connectivity index (χ0v) is 9.10. The van der Waals surface area contributed by atoms with Crippen molar-refractivity contribution in [3.63, 3.8) is 0 Å². The molecule has 1 saturated heterocycles. The highest BCUT2D eigenvalue weighted by molar-refractivity contribution is 5.93. The third-order valence-electron chi connectivity index (χ3n) is 3.04. The van der Waals surface area contributed by atoms with Gasteiger partial charge in [-0.2, -0.15) is 0 Å². The van der Waals surface area contributed by atoms with E-state index in [1.54, 1.807) is 4.90 Å². The van der Waals surface area contributed by atoms with Crippen LogP contribution in [0.5, 0.6) is 0 Å².